The Kier molecular flexibility index (Phi) is 4.49. The zero-order chi connectivity index (χ0) is 17.3. The van der Waals surface area contributed by atoms with Crippen LogP contribution in [0, 0.1) is 5.92 Å². The van der Waals surface area contributed by atoms with Crippen molar-refractivity contribution in [3.63, 3.8) is 0 Å². The number of carbonyl (C=O) groups excluding carboxylic acids is 1. The molecule has 0 spiro atoms. The number of hydrogen-bond donors (Lipinski definition) is 1. The lowest BCUT2D eigenvalue weighted by Gasteiger charge is -2.26. The first-order valence-electron chi connectivity index (χ1n) is 8.40. The summed E-state index contributed by atoms with van der Waals surface area (Å²) in [7, 11) is 0. The number of carbonyl (C=O) groups is 1. The molecule has 3 rings (SSSR count). The predicted octanol–water partition coefficient (Wildman–Crippen LogP) is 3.22. The minimum absolute atomic E-state index is 0.0745. The second-order valence-corrected chi connectivity index (χ2v) is 7.42. The maximum atomic E-state index is 11.0. The van der Waals surface area contributed by atoms with Crippen molar-refractivity contribution in [1.29, 1.82) is 0 Å². The molecule has 1 aromatic heterocycles. The number of rotatable bonds is 3. The van der Waals surface area contributed by atoms with E-state index < -0.39 is 6.09 Å². The molecule has 1 saturated heterocycles. The van der Waals surface area contributed by atoms with E-state index in [1.165, 1.54) is 0 Å². The van der Waals surface area contributed by atoms with Gasteiger partial charge in [0, 0.05) is 31.2 Å². The van der Waals surface area contributed by atoms with Crippen molar-refractivity contribution in [3.8, 4) is 5.75 Å². The summed E-state index contributed by atoms with van der Waals surface area (Å²) in [4.78, 5) is 15.8. The van der Waals surface area contributed by atoms with E-state index in [0.29, 0.717) is 11.7 Å². The second kappa shape index (κ2) is 6.43. The van der Waals surface area contributed by atoms with Gasteiger partial charge in [0.1, 0.15) is 11.6 Å². The Morgan fingerprint density at radius 3 is 2.71 bits per heavy atom. The van der Waals surface area contributed by atoms with E-state index >= 15 is 0 Å². The summed E-state index contributed by atoms with van der Waals surface area (Å²) in [5, 5.41) is 0. The first-order valence-corrected chi connectivity index (χ1v) is 8.40. The largest absolute Gasteiger partial charge is 0.410 e. The quantitative estimate of drug-likeness (QED) is 0.936. The molecule has 6 nitrogen and oxygen atoms in total. The van der Waals surface area contributed by atoms with Crippen molar-refractivity contribution in [2.45, 2.75) is 45.6 Å². The van der Waals surface area contributed by atoms with Gasteiger partial charge in [0.05, 0.1) is 11.0 Å². The number of fused-ring (bicyclic) bond motifs is 1. The maximum absolute atomic E-state index is 11.0. The summed E-state index contributed by atoms with van der Waals surface area (Å²) < 4.78 is 12.8. The molecule has 1 aliphatic rings. The normalized spacial score (nSPS) is 16.5. The van der Waals surface area contributed by atoms with Crippen LogP contribution in [0.1, 0.15) is 39.4 Å². The Bertz CT molecular complexity index is 740. The highest BCUT2D eigenvalue weighted by molar-refractivity contribution is 5.79. The Balaban J connectivity index is 2.01. The summed E-state index contributed by atoms with van der Waals surface area (Å²) in [6.07, 6.45) is 1.34. The van der Waals surface area contributed by atoms with E-state index in [9.17, 15) is 4.79 Å². The highest BCUT2D eigenvalue weighted by Gasteiger charge is 2.25. The molecule has 2 heterocycles. The fourth-order valence-electron chi connectivity index (χ4n) is 3.23. The van der Waals surface area contributed by atoms with Crippen molar-refractivity contribution >= 4 is 17.1 Å². The average Bonchev–Trinajstić information content (AvgIpc) is 2.86. The molecule has 0 atom stereocenters. The van der Waals surface area contributed by atoms with E-state index in [-0.39, 0.29) is 5.41 Å². The monoisotopic (exact) mass is 331 g/mol. The SMILES string of the molecule is CC(C)(C)c1nc2cc(OC(N)=O)ccc2n1CC1CCOCC1. The standard InChI is InChI=1S/C18H25N3O3/c1-18(2,3)16-20-14-10-13(24-17(19)22)4-5-15(14)21(16)11-12-6-8-23-9-7-12/h4-5,10,12H,6-9,11H2,1-3H3,(H2,19,22). The highest BCUT2D eigenvalue weighted by atomic mass is 16.5. The van der Waals surface area contributed by atoms with Gasteiger partial charge >= 0.3 is 6.09 Å². The van der Waals surface area contributed by atoms with Crippen molar-refractivity contribution < 1.29 is 14.3 Å². The molecule has 1 aromatic carbocycles. The third-order valence-electron chi connectivity index (χ3n) is 4.39. The number of aromatic nitrogens is 2. The summed E-state index contributed by atoms with van der Waals surface area (Å²) >= 11 is 0. The lowest BCUT2D eigenvalue weighted by molar-refractivity contribution is 0.0611. The van der Waals surface area contributed by atoms with Gasteiger partial charge in [-0.1, -0.05) is 20.8 Å². The molecule has 2 aromatic rings. The molecule has 0 radical (unpaired) electrons. The minimum Gasteiger partial charge on any atom is -0.410 e. The van der Waals surface area contributed by atoms with Crippen LogP contribution in [0.2, 0.25) is 0 Å². The van der Waals surface area contributed by atoms with Crippen LogP contribution in [0.15, 0.2) is 18.2 Å². The number of ether oxygens (including phenoxy) is 2. The number of amides is 1. The smallest absolute Gasteiger partial charge is 0.409 e. The molecule has 6 heteroatoms. The highest BCUT2D eigenvalue weighted by Crippen LogP contribution is 2.30. The molecule has 1 aliphatic heterocycles. The zero-order valence-corrected chi connectivity index (χ0v) is 14.5. The molecule has 0 bridgehead atoms. The van der Waals surface area contributed by atoms with Gasteiger partial charge in [-0.2, -0.15) is 0 Å². The first kappa shape index (κ1) is 16.8. The minimum atomic E-state index is -0.813. The lowest BCUT2D eigenvalue weighted by atomic mass is 9.94. The first-order chi connectivity index (χ1) is 11.3. The van der Waals surface area contributed by atoms with Gasteiger partial charge in [-0.15, -0.1) is 0 Å². The summed E-state index contributed by atoms with van der Waals surface area (Å²) in [5.74, 6) is 2.06. The summed E-state index contributed by atoms with van der Waals surface area (Å²) in [5.41, 5.74) is 6.91. The maximum Gasteiger partial charge on any atom is 0.409 e. The molecule has 130 valence electrons. The summed E-state index contributed by atoms with van der Waals surface area (Å²) in [6.45, 7) is 9.08. The summed E-state index contributed by atoms with van der Waals surface area (Å²) in [6, 6.07) is 5.49. The Morgan fingerprint density at radius 2 is 2.08 bits per heavy atom. The Morgan fingerprint density at radius 1 is 1.38 bits per heavy atom. The Hall–Kier alpha value is -2.08. The van der Waals surface area contributed by atoms with Crippen LogP contribution in [-0.2, 0) is 16.7 Å². The number of nitrogens with two attached hydrogens (primary N) is 1. The van der Waals surface area contributed by atoms with Gasteiger partial charge in [0.2, 0.25) is 0 Å². The number of hydrogen-bond acceptors (Lipinski definition) is 4. The van der Waals surface area contributed by atoms with Gasteiger partial charge in [-0.25, -0.2) is 9.78 Å². The molecule has 2 N–H and O–H groups in total. The zero-order valence-electron chi connectivity index (χ0n) is 14.5. The Labute approximate surface area is 141 Å². The molecular weight excluding hydrogens is 306 g/mol. The molecule has 0 aliphatic carbocycles. The van der Waals surface area contributed by atoms with E-state index in [0.717, 1.165) is 49.5 Å². The third kappa shape index (κ3) is 3.53. The van der Waals surface area contributed by atoms with Crippen LogP contribution in [0.4, 0.5) is 4.79 Å². The topological polar surface area (TPSA) is 79.4 Å². The van der Waals surface area contributed by atoms with E-state index in [1.54, 1.807) is 12.1 Å². The number of imidazole rings is 1. The van der Waals surface area contributed by atoms with Crippen molar-refractivity contribution in [2.75, 3.05) is 13.2 Å². The number of nitrogens with zero attached hydrogens (tertiary/aromatic N) is 2. The van der Waals surface area contributed by atoms with E-state index in [4.69, 9.17) is 20.2 Å². The van der Waals surface area contributed by atoms with E-state index in [2.05, 4.69) is 25.3 Å². The van der Waals surface area contributed by atoms with Crippen molar-refractivity contribution in [1.82, 2.24) is 9.55 Å². The molecule has 24 heavy (non-hydrogen) atoms. The number of primary amides is 1. The van der Waals surface area contributed by atoms with Crippen LogP contribution in [0.25, 0.3) is 11.0 Å². The van der Waals surface area contributed by atoms with Crippen LogP contribution in [0.5, 0.6) is 5.75 Å². The second-order valence-electron chi connectivity index (χ2n) is 7.42. The molecule has 1 amide bonds. The molecular formula is C18H25N3O3. The van der Waals surface area contributed by atoms with Crippen molar-refractivity contribution in [2.24, 2.45) is 11.7 Å². The molecule has 1 fully saturated rings. The molecule has 0 unspecified atom stereocenters. The van der Waals surface area contributed by atoms with Crippen molar-refractivity contribution in [3.05, 3.63) is 24.0 Å². The van der Waals surface area contributed by atoms with Gasteiger partial charge in [-0.3, -0.25) is 0 Å². The lowest BCUT2D eigenvalue weighted by Crippen LogP contribution is -2.25. The van der Waals surface area contributed by atoms with Crippen LogP contribution < -0.4 is 10.5 Å². The fourth-order valence-corrected chi connectivity index (χ4v) is 3.23. The van der Waals surface area contributed by atoms with Gasteiger partial charge in [-0.05, 0) is 30.9 Å². The van der Waals surface area contributed by atoms with Crippen LogP contribution in [-0.4, -0.2) is 28.9 Å². The predicted molar refractivity (Wildman–Crippen MR) is 92.2 cm³/mol. The average molecular weight is 331 g/mol. The fraction of sp³-hybridized carbons (Fsp3) is 0.556. The van der Waals surface area contributed by atoms with Crippen LogP contribution in [0.3, 0.4) is 0 Å². The van der Waals surface area contributed by atoms with Crippen LogP contribution >= 0.6 is 0 Å². The van der Waals surface area contributed by atoms with E-state index in [1.807, 2.05) is 6.07 Å². The molecule has 0 saturated carbocycles. The van der Waals surface area contributed by atoms with Gasteiger partial charge in [0.15, 0.2) is 0 Å². The third-order valence-corrected chi connectivity index (χ3v) is 4.39. The van der Waals surface area contributed by atoms with Gasteiger partial charge in [0.25, 0.3) is 0 Å². The number of benzene rings is 1. The van der Waals surface area contributed by atoms with Gasteiger partial charge < -0.3 is 19.8 Å².